The summed E-state index contributed by atoms with van der Waals surface area (Å²) in [6.45, 7) is 4.83. The van der Waals surface area contributed by atoms with Crippen molar-refractivity contribution in [3.8, 4) is 0 Å². The molecule has 1 aliphatic rings. The molecule has 2 aromatic carbocycles. The molecule has 0 radical (unpaired) electrons. The van der Waals surface area contributed by atoms with E-state index in [-0.39, 0.29) is 11.3 Å². The zero-order valence-corrected chi connectivity index (χ0v) is 15.5. The van der Waals surface area contributed by atoms with E-state index in [2.05, 4.69) is 16.8 Å². The number of aromatic carboxylic acids is 1. The number of benzene rings is 2. The highest BCUT2D eigenvalue weighted by atomic mass is 16.4. The minimum Gasteiger partial charge on any atom is -0.478 e. The first-order valence-corrected chi connectivity index (χ1v) is 9.07. The number of piperazine rings is 1. The fourth-order valence-electron chi connectivity index (χ4n) is 3.18. The third-order valence-electron chi connectivity index (χ3n) is 4.83. The fraction of sp³-hybridized carbons (Fsp3) is 0.273. The van der Waals surface area contributed by atoms with Crippen LogP contribution in [-0.4, -0.2) is 59.9 Å². The van der Waals surface area contributed by atoms with Crippen molar-refractivity contribution in [1.29, 1.82) is 0 Å². The molecule has 0 spiro atoms. The summed E-state index contributed by atoms with van der Waals surface area (Å²) in [5, 5.41) is 9.07. The summed E-state index contributed by atoms with van der Waals surface area (Å²) < 4.78 is 0. The summed E-state index contributed by atoms with van der Waals surface area (Å²) in [6.07, 6.45) is 3.19. The van der Waals surface area contributed by atoms with Crippen LogP contribution in [0.5, 0.6) is 0 Å². The van der Waals surface area contributed by atoms with Gasteiger partial charge in [0.15, 0.2) is 5.78 Å². The summed E-state index contributed by atoms with van der Waals surface area (Å²) in [6, 6.07) is 14.2. The van der Waals surface area contributed by atoms with E-state index >= 15 is 0 Å². The number of carboxylic acids is 1. The lowest BCUT2D eigenvalue weighted by Gasteiger charge is -2.32. The molecular formula is C22H24N2O3. The lowest BCUT2D eigenvalue weighted by molar-refractivity contribution is 0.0696. The number of ketones is 1. The summed E-state index contributed by atoms with van der Waals surface area (Å²) in [5.74, 6) is -1.05. The molecule has 1 saturated heterocycles. The van der Waals surface area contributed by atoms with Gasteiger partial charge in [-0.2, -0.15) is 0 Å². The number of carboxylic acid groups (broad SMARTS) is 1. The maximum absolute atomic E-state index is 12.7. The van der Waals surface area contributed by atoms with Crippen LogP contribution >= 0.6 is 0 Å². The maximum Gasteiger partial charge on any atom is 0.335 e. The van der Waals surface area contributed by atoms with Crippen LogP contribution < -0.4 is 0 Å². The Morgan fingerprint density at radius 3 is 2.52 bits per heavy atom. The molecule has 5 nitrogen and oxygen atoms in total. The van der Waals surface area contributed by atoms with Crippen LogP contribution in [0.25, 0.3) is 6.08 Å². The molecule has 1 N–H and O–H groups in total. The zero-order valence-electron chi connectivity index (χ0n) is 15.5. The van der Waals surface area contributed by atoms with E-state index < -0.39 is 5.97 Å². The van der Waals surface area contributed by atoms with Crippen LogP contribution in [0.1, 0.15) is 31.8 Å². The van der Waals surface area contributed by atoms with Gasteiger partial charge < -0.3 is 10.0 Å². The minimum absolute atomic E-state index is 0.0690. The topological polar surface area (TPSA) is 60.9 Å². The average Bonchev–Trinajstić information content (AvgIpc) is 2.68. The average molecular weight is 364 g/mol. The molecule has 2 aromatic rings. The van der Waals surface area contributed by atoms with Gasteiger partial charge in [0.25, 0.3) is 0 Å². The van der Waals surface area contributed by atoms with Crippen molar-refractivity contribution in [2.75, 3.05) is 33.2 Å². The van der Waals surface area contributed by atoms with Gasteiger partial charge in [0.1, 0.15) is 0 Å². The first-order chi connectivity index (χ1) is 13.0. The highest BCUT2D eigenvalue weighted by Gasteiger charge is 2.16. The largest absolute Gasteiger partial charge is 0.478 e. The predicted octanol–water partition coefficient (Wildman–Crippen LogP) is 3.03. The number of allylic oxidation sites excluding steroid dienone is 1. The SMILES string of the molecule is CN1CCN(Cc2ccccc2C(=O)/C=C\c2cccc(C(=O)O)c2)CC1. The van der Waals surface area contributed by atoms with E-state index in [1.54, 1.807) is 24.3 Å². The molecule has 3 rings (SSSR count). The van der Waals surface area contributed by atoms with E-state index in [1.807, 2.05) is 24.3 Å². The first-order valence-electron chi connectivity index (χ1n) is 9.07. The number of hydrogen-bond donors (Lipinski definition) is 1. The molecule has 0 unspecified atom stereocenters. The monoisotopic (exact) mass is 364 g/mol. The Bertz CT molecular complexity index is 852. The van der Waals surface area contributed by atoms with Gasteiger partial charge in [-0.05, 0) is 36.4 Å². The normalized spacial score (nSPS) is 15.9. The summed E-state index contributed by atoms with van der Waals surface area (Å²) in [7, 11) is 2.12. The summed E-state index contributed by atoms with van der Waals surface area (Å²) >= 11 is 0. The van der Waals surface area contributed by atoms with Crippen LogP contribution in [0.3, 0.4) is 0 Å². The molecule has 0 aromatic heterocycles. The van der Waals surface area contributed by atoms with Crippen LogP contribution in [0.4, 0.5) is 0 Å². The summed E-state index contributed by atoms with van der Waals surface area (Å²) in [4.78, 5) is 28.5. The molecule has 0 bridgehead atoms. The van der Waals surface area contributed by atoms with Gasteiger partial charge in [0.05, 0.1) is 5.56 Å². The molecule has 0 amide bonds. The van der Waals surface area contributed by atoms with E-state index in [0.717, 1.165) is 38.3 Å². The Kier molecular flexibility index (Phi) is 6.16. The smallest absolute Gasteiger partial charge is 0.335 e. The quantitative estimate of drug-likeness (QED) is 0.631. The number of carbonyl (C=O) groups excluding carboxylic acids is 1. The Labute approximate surface area is 159 Å². The second kappa shape index (κ2) is 8.75. The van der Waals surface area contributed by atoms with Gasteiger partial charge >= 0.3 is 5.97 Å². The van der Waals surface area contributed by atoms with Crippen LogP contribution in [0.15, 0.2) is 54.6 Å². The minimum atomic E-state index is -0.978. The van der Waals surface area contributed by atoms with Crippen molar-refractivity contribution < 1.29 is 14.7 Å². The van der Waals surface area contributed by atoms with Gasteiger partial charge in [-0.15, -0.1) is 0 Å². The maximum atomic E-state index is 12.7. The number of rotatable bonds is 6. The molecule has 5 heteroatoms. The molecule has 0 atom stereocenters. The molecule has 0 aliphatic carbocycles. The van der Waals surface area contributed by atoms with Crippen molar-refractivity contribution in [1.82, 2.24) is 9.80 Å². The van der Waals surface area contributed by atoms with Gasteiger partial charge in [-0.1, -0.05) is 42.5 Å². The highest BCUT2D eigenvalue weighted by Crippen LogP contribution is 2.15. The Morgan fingerprint density at radius 2 is 1.78 bits per heavy atom. The number of hydrogen-bond acceptors (Lipinski definition) is 4. The van der Waals surface area contributed by atoms with Crippen molar-refractivity contribution in [2.24, 2.45) is 0 Å². The molecule has 1 aliphatic heterocycles. The number of likely N-dealkylation sites (N-methyl/N-ethyl adjacent to an activating group) is 1. The molecule has 1 fully saturated rings. The zero-order chi connectivity index (χ0) is 19.2. The van der Waals surface area contributed by atoms with Crippen LogP contribution in [0, 0.1) is 0 Å². The van der Waals surface area contributed by atoms with Gasteiger partial charge in [-0.3, -0.25) is 9.69 Å². The third-order valence-corrected chi connectivity index (χ3v) is 4.83. The van der Waals surface area contributed by atoms with Gasteiger partial charge in [0, 0.05) is 38.3 Å². The highest BCUT2D eigenvalue weighted by molar-refractivity contribution is 6.07. The molecule has 27 heavy (non-hydrogen) atoms. The Hall–Kier alpha value is -2.76. The van der Waals surface area contributed by atoms with Crippen LogP contribution in [0.2, 0.25) is 0 Å². The number of nitrogens with zero attached hydrogens (tertiary/aromatic N) is 2. The van der Waals surface area contributed by atoms with E-state index in [4.69, 9.17) is 5.11 Å². The molecule has 1 heterocycles. The first kappa shape index (κ1) is 19.0. The van der Waals surface area contributed by atoms with E-state index in [0.29, 0.717) is 11.1 Å². The Balaban J connectivity index is 1.73. The van der Waals surface area contributed by atoms with Crippen molar-refractivity contribution in [3.63, 3.8) is 0 Å². The fourth-order valence-corrected chi connectivity index (χ4v) is 3.18. The molecule has 140 valence electrons. The standard InChI is InChI=1S/C22H24N2O3/c1-23-11-13-24(14-12-23)16-19-6-2-3-8-20(19)21(25)10-9-17-5-4-7-18(15-17)22(26)27/h2-10,15H,11-14,16H2,1H3,(H,26,27)/b10-9-. The van der Waals surface area contributed by atoms with Crippen molar-refractivity contribution in [3.05, 3.63) is 76.9 Å². The number of carbonyl (C=O) groups is 2. The second-order valence-corrected chi connectivity index (χ2v) is 6.86. The van der Waals surface area contributed by atoms with Crippen molar-refractivity contribution in [2.45, 2.75) is 6.54 Å². The second-order valence-electron chi connectivity index (χ2n) is 6.86. The predicted molar refractivity (Wildman–Crippen MR) is 106 cm³/mol. The molecule has 0 saturated carbocycles. The Morgan fingerprint density at radius 1 is 1.04 bits per heavy atom. The van der Waals surface area contributed by atoms with Gasteiger partial charge in [-0.25, -0.2) is 4.79 Å². The third kappa shape index (κ3) is 5.12. The lowest BCUT2D eigenvalue weighted by atomic mass is 10.0. The lowest BCUT2D eigenvalue weighted by Crippen LogP contribution is -2.44. The van der Waals surface area contributed by atoms with E-state index in [9.17, 15) is 9.59 Å². The summed E-state index contributed by atoms with van der Waals surface area (Å²) in [5.41, 5.74) is 2.62. The van der Waals surface area contributed by atoms with Crippen LogP contribution in [-0.2, 0) is 6.54 Å². The van der Waals surface area contributed by atoms with Crippen molar-refractivity contribution >= 4 is 17.8 Å². The molecular weight excluding hydrogens is 340 g/mol. The van der Waals surface area contributed by atoms with E-state index in [1.165, 1.54) is 12.1 Å². The van der Waals surface area contributed by atoms with Gasteiger partial charge in [0.2, 0.25) is 0 Å².